The highest BCUT2D eigenvalue weighted by atomic mass is 16.6. The van der Waals surface area contributed by atoms with Crippen molar-refractivity contribution in [2.24, 2.45) is 0 Å². The maximum Gasteiger partial charge on any atom is 0.294 e. The Morgan fingerprint density at radius 2 is 2.03 bits per heavy atom. The topological polar surface area (TPSA) is 138 Å². The molecule has 0 unspecified atom stereocenters. The SMILES string of the molecule is [2H]C(=O)c1c(-c2ccccc2)nn(-c2ccnc(Nc3cc([N+](=O)[O-])c(N4CCOCC4)cc3OC)n2)c1[2H]. The first-order valence-electron chi connectivity index (χ1n) is 12.3. The van der Waals surface area contributed by atoms with Gasteiger partial charge in [-0.15, -0.1) is 0 Å². The molecule has 0 saturated carbocycles. The van der Waals surface area contributed by atoms with Crippen molar-refractivity contribution in [1.82, 2.24) is 19.7 Å². The standard InChI is InChI=1S/C25H23N7O5/c1-36-22-14-20(30-9-11-37-12-10-30)21(32(34)35)13-19(22)27-25-26-8-7-23(28-25)31-15-18(16-33)24(29-31)17-5-3-2-4-6-17/h2-8,13-16H,9-12H2,1H3,(H,26,27,28)/i15D,16D. The number of carbonyl (C=O) groups excluding carboxylic acids is 1. The molecule has 188 valence electrons. The molecule has 1 aliphatic heterocycles. The number of benzene rings is 2. The zero-order valence-corrected chi connectivity index (χ0v) is 19.7. The van der Waals surface area contributed by atoms with Gasteiger partial charge < -0.3 is 19.7 Å². The summed E-state index contributed by atoms with van der Waals surface area (Å²) in [6.07, 6.45) is 0.0654. The molecule has 5 rings (SSSR count). The first kappa shape index (κ1) is 21.4. The number of carbonyl (C=O) groups is 1. The highest BCUT2D eigenvalue weighted by Gasteiger charge is 2.25. The Bertz CT molecular complexity index is 1540. The molecule has 1 N–H and O–H groups in total. The van der Waals surface area contributed by atoms with Crippen LogP contribution in [0.3, 0.4) is 0 Å². The van der Waals surface area contributed by atoms with Crippen LogP contribution in [-0.4, -0.2) is 64.3 Å². The smallest absolute Gasteiger partial charge is 0.294 e. The molecule has 0 radical (unpaired) electrons. The van der Waals surface area contributed by atoms with E-state index in [0.29, 0.717) is 43.3 Å². The fraction of sp³-hybridized carbons (Fsp3) is 0.200. The summed E-state index contributed by atoms with van der Waals surface area (Å²) in [6.45, 7) is 1.94. The number of methoxy groups -OCH3 is 1. The van der Waals surface area contributed by atoms with Crippen molar-refractivity contribution in [2.75, 3.05) is 43.6 Å². The maximum atomic E-state index is 12.1. The lowest BCUT2D eigenvalue weighted by Crippen LogP contribution is -2.36. The van der Waals surface area contributed by atoms with E-state index in [9.17, 15) is 14.9 Å². The van der Waals surface area contributed by atoms with Crippen molar-refractivity contribution in [2.45, 2.75) is 0 Å². The number of aldehydes is 1. The second-order valence-corrected chi connectivity index (χ2v) is 7.98. The number of aromatic nitrogens is 4. The largest absolute Gasteiger partial charge is 0.494 e. The van der Waals surface area contributed by atoms with Crippen molar-refractivity contribution in [1.29, 1.82) is 0 Å². The first-order chi connectivity index (χ1) is 18.9. The lowest BCUT2D eigenvalue weighted by Gasteiger charge is -2.29. The molecule has 37 heavy (non-hydrogen) atoms. The number of nitrogens with one attached hydrogen (secondary N) is 1. The average Bonchev–Trinajstić information content (AvgIpc) is 3.31. The molecule has 12 nitrogen and oxygen atoms in total. The molecule has 1 fully saturated rings. The Morgan fingerprint density at radius 1 is 1.24 bits per heavy atom. The minimum absolute atomic E-state index is 0.0501. The second kappa shape index (κ2) is 10.4. The molecule has 2 aromatic heterocycles. The number of rotatable bonds is 8. The van der Waals surface area contributed by atoms with Crippen LogP contribution in [0.1, 0.15) is 13.1 Å². The fourth-order valence-electron chi connectivity index (χ4n) is 3.99. The Hall–Kier alpha value is -4.84. The lowest BCUT2D eigenvalue weighted by atomic mass is 10.1. The Kier molecular flexibility index (Phi) is 6.04. The minimum atomic E-state index is -1.05. The zero-order chi connectivity index (χ0) is 27.5. The predicted molar refractivity (Wildman–Crippen MR) is 136 cm³/mol. The summed E-state index contributed by atoms with van der Waals surface area (Å²) in [7, 11) is 1.45. The van der Waals surface area contributed by atoms with Crippen molar-refractivity contribution in [3.05, 3.63) is 76.6 Å². The fourth-order valence-corrected chi connectivity index (χ4v) is 3.99. The highest BCUT2D eigenvalue weighted by molar-refractivity contribution is 5.85. The van der Waals surface area contributed by atoms with Gasteiger partial charge in [-0.1, -0.05) is 30.3 Å². The van der Waals surface area contributed by atoms with Gasteiger partial charge in [-0.05, 0) is 0 Å². The Balaban J connectivity index is 1.52. The van der Waals surface area contributed by atoms with Crippen LogP contribution < -0.4 is 15.0 Å². The highest BCUT2D eigenvalue weighted by Crippen LogP contribution is 2.39. The van der Waals surface area contributed by atoms with Gasteiger partial charge in [0.05, 0.1) is 37.9 Å². The third-order valence-electron chi connectivity index (χ3n) is 5.75. The molecule has 0 spiro atoms. The van der Waals surface area contributed by atoms with Crippen LogP contribution >= 0.6 is 0 Å². The zero-order valence-electron chi connectivity index (χ0n) is 21.7. The van der Waals surface area contributed by atoms with E-state index in [2.05, 4.69) is 20.4 Å². The molecule has 3 heterocycles. The average molecular weight is 504 g/mol. The number of hydrogen-bond acceptors (Lipinski definition) is 10. The van der Waals surface area contributed by atoms with E-state index in [0.717, 1.165) is 4.68 Å². The summed E-state index contributed by atoms with van der Waals surface area (Å²) >= 11 is 0. The van der Waals surface area contributed by atoms with E-state index in [1.807, 2.05) is 4.90 Å². The van der Waals surface area contributed by atoms with E-state index < -0.39 is 11.2 Å². The summed E-state index contributed by atoms with van der Waals surface area (Å²) in [5.41, 5.74) is 1.15. The van der Waals surface area contributed by atoms with Crippen LogP contribution in [0.25, 0.3) is 17.1 Å². The number of hydrogen-bond donors (Lipinski definition) is 1. The van der Waals surface area contributed by atoms with Crippen LogP contribution in [0.5, 0.6) is 5.75 Å². The summed E-state index contributed by atoms with van der Waals surface area (Å²) in [5.74, 6) is 0.541. The van der Waals surface area contributed by atoms with E-state index in [4.69, 9.17) is 12.2 Å². The van der Waals surface area contributed by atoms with Crippen LogP contribution in [0.4, 0.5) is 23.0 Å². The van der Waals surface area contributed by atoms with Crippen molar-refractivity contribution in [3.8, 4) is 22.8 Å². The molecule has 2 aromatic carbocycles. The predicted octanol–water partition coefficient (Wildman–Crippen LogP) is 3.64. The van der Waals surface area contributed by atoms with E-state index >= 15 is 0 Å². The van der Waals surface area contributed by atoms with E-state index in [1.54, 1.807) is 36.4 Å². The molecule has 0 amide bonds. The maximum absolute atomic E-state index is 12.1. The summed E-state index contributed by atoms with van der Waals surface area (Å²) in [6, 6.07) is 13.2. The number of morpholine rings is 1. The normalized spacial score (nSPS) is 14.0. The minimum Gasteiger partial charge on any atom is -0.494 e. The lowest BCUT2D eigenvalue weighted by molar-refractivity contribution is -0.384. The molecule has 0 bridgehead atoms. The molecule has 1 saturated heterocycles. The number of ether oxygens (including phenoxy) is 2. The van der Waals surface area contributed by atoms with Gasteiger partial charge in [0.1, 0.15) is 18.5 Å². The van der Waals surface area contributed by atoms with Gasteiger partial charge in [0.2, 0.25) is 5.95 Å². The summed E-state index contributed by atoms with van der Waals surface area (Å²) in [5, 5.41) is 19.3. The van der Waals surface area contributed by atoms with Crippen molar-refractivity contribution >= 4 is 29.3 Å². The van der Waals surface area contributed by atoms with Gasteiger partial charge in [-0.2, -0.15) is 10.1 Å². The van der Waals surface area contributed by atoms with E-state index in [1.165, 1.54) is 25.4 Å². The molecular formula is C25H23N7O5. The molecule has 1 aliphatic rings. The second-order valence-electron chi connectivity index (χ2n) is 7.98. The monoisotopic (exact) mass is 503 g/mol. The van der Waals surface area contributed by atoms with Gasteiger partial charge in [-0.25, -0.2) is 9.67 Å². The third-order valence-corrected chi connectivity index (χ3v) is 5.75. The van der Waals surface area contributed by atoms with Gasteiger partial charge >= 0.3 is 0 Å². The Morgan fingerprint density at radius 3 is 2.73 bits per heavy atom. The van der Waals surface area contributed by atoms with Gasteiger partial charge in [0.25, 0.3) is 5.69 Å². The third kappa shape index (κ3) is 4.95. The molecule has 12 heteroatoms. The molecule has 4 aromatic rings. The van der Waals surface area contributed by atoms with Crippen LogP contribution in [-0.2, 0) is 4.74 Å². The summed E-state index contributed by atoms with van der Waals surface area (Å²) in [4.78, 5) is 34.0. The summed E-state index contributed by atoms with van der Waals surface area (Å²) < 4.78 is 28.2. The quantitative estimate of drug-likeness (QED) is 0.215. The number of nitrogens with zero attached hydrogens (tertiary/aromatic N) is 6. The van der Waals surface area contributed by atoms with Crippen LogP contribution in [0.15, 0.2) is 60.9 Å². The van der Waals surface area contributed by atoms with Gasteiger partial charge in [-0.3, -0.25) is 14.9 Å². The number of anilines is 3. The molecule has 0 aliphatic carbocycles. The van der Waals surface area contributed by atoms with Crippen LogP contribution in [0, 0.1) is 10.1 Å². The molecular weight excluding hydrogens is 478 g/mol. The van der Waals surface area contributed by atoms with Crippen LogP contribution in [0.2, 0.25) is 0 Å². The van der Waals surface area contributed by atoms with Gasteiger partial charge in [0, 0.05) is 49.2 Å². The Labute approximate surface area is 214 Å². The van der Waals surface area contributed by atoms with Crippen molar-refractivity contribution < 1.29 is 21.9 Å². The number of nitro benzene ring substituents is 1. The van der Waals surface area contributed by atoms with E-state index in [-0.39, 0.29) is 40.6 Å². The van der Waals surface area contributed by atoms with Crippen molar-refractivity contribution in [3.63, 3.8) is 0 Å². The molecule has 0 atom stereocenters. The number of nitro groups is 1. The first-order valence-corrected chi connectivity index (χ1v) is 11.3. The van der Waals surface area contributed by atoms with Gasteiger partial charge in [0.15, 0.2) is 12.1 Å².